The van der Waals surface area contributed by atoms with Crippen molar-refractivity contribution in [2.45, 2.75) is 39.5 Å². The van der Waals surface area contributed by atoms with Gasteiger partial charge in [-0.1, -0.05) is 0 Å². The highest BCUT2D eigenvalue weighted by Gasteiger charge is 2.17. The lowest BCUT2D eigenvalue weighted by Crippen LogP contribution is -2.43. The van der Waals surface area contributed by atoms with Crippen LogP contribution < -0.4 is 10.6 Å². The maximum Gasteiger partial charge on any atom is 0.315 e. The van der Waals surface area contributed by atoms with Crippen molar-refractivity contribution < 1.29 is 9.59 Å². The van der Waals surface area contributed by atoms with E-state index < -0.39 is 0 Å². The quantitative estimate of drug-likeness (QED) is 0.764. The van der Waals surface area contributed by atoms with E-state index in [1.54, 1.807) is 4.90 Å². The summed E-state index contributed by atoms with van der Waals surface area (Å²) < 4.78 is 1.88. The highest BCUT2D eigenvalue weighted by Crippen LogP contribution is 2.13. The van der Waals surface area contributed by atoms with Gasteiger partial charge in [-0.25, -0.2) is 4.79 Å². The van der Waals surface area contributed by atoms with Gasteiger partial charge >= 0.3 is 6.03 Å². The molecule has 7 heteroatoms. The average molecular weight is 321 g/mol. The number of carbonyl (C=O) groups is 2. The molecule has 0 unspecified atom stereocenters. The zero-order chi connectivity index (χ0) is 16.8. The average Bonchev–Trinajstić information content (AvgIpc) is 3.13. The number of urea groups is 1. The first-order valence-corrected chi connectivity index (χ1v) is 8.27. The molecule has 7 nitrogen and oxygen atoms in total. The Kier molecular flexibility index (Phi) is 6.01. The van der Waals surface area contributed by atoms with Crippen LogP contribution in [0.4, 0.5) is 4.79 Å². The summed E-state index contributed by atoms with van der Waals surface area (Å²) >= 11 is 0. The first-order valence-electron chi connectivity index (χ1n) is 8.27. The van der Waals surface area contributed by atoms with Crippen molar-refractivity contribution in [3.8, 4) is 0 Å². The summed E-state index contributed by atoms with van der Waals surface area (Å²) in [6.07, 6.45) is 3.86. The Morgan fingerprint density at radius 1 is 1.17 bits per heavy atom. The number of hydrogen-bond acceptors (Lipinski definition) is 3. The van der Waals surface area contributed by atoms with Crippen molar-refractivity contribution in [2.24, 2.45) is 7.05 Å². The molecule has 1 aliphatic heterocycles. The monoisotopic (exact) mass is 321 g/mol. The number of carbonyl (C=O) groups excluding carboxylic acids is 2. The van der Waals surface area contributed by atoms with Crippen LogP contribution in [0, 0.1) is 13.8 Å². The summed E-state index contributed by atoms with van der Waals surface area (Å²) in [6.45, 7) is 6.34. The van der Waals surface area contributed by atoms with Gasteiger partial charge in [-0.2, -0.15) is 5.10 Å². The molecule has 0 saturated carbocycles. The van der Waals surface area contributed by atoms with Crippen LogP contribution in [-0.4, -0.2) is 52.8 Å². The molecule has 2 N–H and O–H groups in total. The minimum absolute atomic E-state index is 0.000686. The fraction of sp³-hybridized carbons (Fsp3) is 0.688. The largest absolute Gasteiger partial charge is 0.341 e. The van der Waals surface area contributed by atoms with E-state index in [1.165, 1.54) is 11.3 Å². The second kappa shape index (κ2) is 7.99. The molecule has 0 radical (unpaired) electrons. The number of hydrogen-bond donors (Lipinski definition) is 2. The molecule has 1 fully saturated rings. The van der Waals surface area contributed by atoms with Crippen molar-refractivity contribution in [1.29, 1.82) is 0 Å². The number of rotatable bonds is 6. The van der Waals surface area contributed by atoms with Crippen molar-refractivity contribution >= 4 is 11.9 Å². The van der Waals surface area contributed by atoms with Gasteiger partial charge in [-0.05, 0) is 45.1 Å². The second-order valence-corrected chi connectivity index (χ2v) is 6.07. The number of aromatic nitrogens is 2. The number of nitrogens with zero attached hydrogens (tertiary/aromatic N) is 3. The Bertz CT molecular complexity index is 561. The van der Waals surface area contributed by atoms with Gasteiger partial charge in [-0.3, -0.25) is 9.48 Å². The van der Waals surface area contributed by atoms with E-state index in [0.717, 1.165) is 44.5 Å². The molecule has 0 aliphatic carbocycles. The molecular weight excluding hydrogens is 294 g/mol. The minimum atomic E-state index is -0.280. The highest BCUT2D eigenvalue weighted by atomic mass is 16.2. The summed E-state index contributed by atoms with van der Waals surface area (Å²) in [6, 6.07) is -0.280. The van der Waals surface area contributed by atoms with E-state index in [1.807, 2.05) is 18.7 Å². The molecular formula is C16H27N5O2. The van der Waals surface area contributed by atoms with Gasteiger partial charge in [0, 0.05) is 32.4 Å². The van der Waals surface area contributed by atoms with Gasteiger partial charge < -0.3 is 15.5 Å². The van der Waals surface area contributed by atoms with Crippen LogP contribution in [0.15, 0.2) is 0 Å². The molecule has 1 aliphatic rings. The number of nitrogens with one attached hydrogen (secondary N) is 2. The first kappa shape index (κ1) is 17.3. The summed E-state index contributed by atoms with van der Waals surface area (Å²) in [5.74, 6) is -0.000686. The number of amides is 3. The zero-order valence-electron chi connectivity index (χ0n) is 14.3. The van der Waals surface area contributed by atoms with Crippen LogP contribution in [0.25, 0.3) is 0 Å². The summed E-state index contributed by atoms with van der Waals surface area (Å²) in [5, 5.41) is 9.81. The smallest absolute Gasteiger partial charge is 0.315 e. The van der Waals surface area contributed by atoms with E-state index in [0.29, 0.717) is 6.54 Å². The molecule has 0 spiro atoms. The SMILES string of the molecule is Cc1nn(C)c(C)c1CCCNC(=O)NCC(=O)N1CCCC1. The van der Waals surface area contributed by atoms with Crippen LogP contribution in [-0.2, 0) is 18.3 Å². The maximum atomic E-state index is 11.8. The Hall–Kier alpha value is -2.05. The van der Waals surface area contributed by atoms with Gasteiger partial charge in [0.2, 0.25) is 5.91 Å². The van der Waals surface area contributed by atoms with Crippen molar-refractivity contribution in [2.75, 3.05) is 26.2 Å². The fourth-order valence-corrected chi connectivity index (χ4v) is 2.94. The highest BCUT2D eigenvalue weighted by molar-refractivity contribution is 5.84. The van der Waals surface area contributed by atoms with E-state index in [9.17, 15) is 9.59 Å². The van der Waals surface area contributed by atoms with E-state index in [-0.39, 0.29) is 18.5 Å². The van der Waals surface area contributed by atoms with Crippen molar-refractivity contribution in [1.82, 2.24) is 25.3 Å². The van der Waals surface area contributed by atoms with Crippen LogP contribution in [0.5, 0.6) is 0 Å². The summed E-state index contributed by atoms with van der Waals surface area (Å²) in [4.78, 5) is 25.3. The van der Waals surface area contributed by atoms with E-state index in [2.05, 4.69) is 22.7 Å². The molecule has 2 heterocycles. The lowest BCUT2D eigenvalue weighted by molar-refractivity contribution is -0.128. The predicted molar refractivity (Wildman–Crippen MR) is 88.2 cm³/mol. The molecule has 0 bridgehead atoms. The molecule has 23 heavy (non-hydrogen) atoms. The number of aryl methyl sites for hydroxylation is 2. The minimum Gasteiger partial charge on any atom is -0.341 e. The predicted octanol–water partition coefficient (Wildman–Crippen LogP) is 0.891. The summed E-state index contributed by atoms with van der Waals surface area (Å²) in [5.41, 5.74) is 3.47. The Balaban J connectivity index is 1.62. The Morgan fingerprint density at radius 2 is 1.87 bits per heavy atom. The van der Waals surface area contributed by atoms with Gasteiger partial charge in [0.05, 0.1) is 12.2 Å². The third kappa shape index (κ3) is 4.71. The van der Waals surface area contributed by atoms with Gasteiger partial charge in [-0.15, -0.1) is 0 Å². The fourth-order valence-electron chi connectivity index (χ4n) is 2.94. The summed E-state index contributed by atoms with van der Waals surface area (Å²) in [7, 11) is 1.94. The lowest BCUT2D eigenvalue weighted by atomic mass is 10.1. The lowest BCUT2D eigenvalue weighted by Gasteiger charge is -2.15. The molecule has 0 atom stereocenters. The Labute approximate surface area is 137 Å². The van der Waals surface area contributed by atoms with Crippen LogP contribution in [0.2, 0.25) is 0 Å². The van der Waals surface area contributed by atoms with Crippen molar-refractivity contribution in [3.63, 3.8) is 0 Å². The van der Waals surface area contributed by atoms with E-state index in [4.69, 9.17) is 0 Å². The second-order valence-electron chi connectivity index (χ2n) is 6.07. The van der Waals surface area contributed by atoms with Crippen LogP contribution in [0.1, 0.15) is 36.2 Å². The molecule has 1 aromatic rings. The third-order valence-corrected chi connectivity index (χ3v) is 4.41. The van der Waals surface area contributed by atoms with Gasteiger partial charge in [0.15, 0.2) is 0 Å². The molecule has 1 saturated heterocycles. The Morgan fingerprint density at radius 3 is 2.48 bits per heavy atom. The van der Waals surface area contributed by atoms with E-state index >= 15 is 0 Å². The maximum absolute atomic E-state index is 11.8. The van der Waals surface area contributed by atoms with Crippen molar-refractivity contribution in [3.05, 3.63) is 17.0 Å². The van der Waals surface area contributed by atoms with Crippen LogP contribution >= 0.6 is 0 Å². The standard InChI is InChI=1S/C16H27N5O2/c1-12-14(13(2)20(3)19-12)7-6-8-17-16(23)18-11-15(22)21-9-4-5-10-21/h4-11H2,1-3H3,(H2,17,18,23). The topological polar surface area (TPSA) is 79.3 Å². The zero-order valence-corrected chi connectivity index (χ0v) is 14.3. The number of likely N-dealkylation sites (tertiary alicyclic amines) is 1. The van der Waals surface area contributed by atoms with Gasteiger partial charge in [0.1, 0.15) is 0 Å². The molecule has 0 aromatic carbocycles. The molecule has 3 amide bonds. The first-order chi connectivity index (χ1) is 11.0. The molecule has 128 valence electrons. The third-order valence-electron chi connectivity index (χ3n) is 4.41. The normalized spacial score (nSPS) is 14.1. The molecule has 2 rings (SSSR count). The van der Waals surface area contributed by atoms with Gasteiger partial charge in [0.25, 0.3) is 0 Å². The van der Waals surface area contributed by atoms with Crippen LogP contribution in [0.3, 0.4) is 0 Å². The molecule has 1 aromatic heterocycles.